The number of carboxylic acids is 2. The Morgan fingerprint density at radius 2 is 1.76 bits per heavy atom. The largest absolute Gasteiger partial charge is 0.504 e. The summed E-state index contributed by atoms with van der Waals surface area (Å²) in [6.07, 6.45) is 1.85. The number of methoxy groups -OCH3 is 1. The number of benzene rings is 1. The first-order chi connectivity index (χ1) is 15.9. The zero-order chi connectivity index (χ0) is 25.8. The monoisotopic (exact) mass is 479 g/mol. The minimum absolute atomic E-state index is 0.0546. The average molecular weight is 479 g/mol. The first kappa shape index (κ1) is 27.9. The maximum atomic E-state index is 12.5. The molecule has 0 aliphatic rings. The van der Waals surface area contributed by atoms with E-state index in [1.165, 1.54) is 31.4 Å². The molecule has 0 aliphatic carbocycles. The topological polar surface area (TPSA) is 191 Å². The Morgan fingerprint density at radius 1 is 1.09 bits per heavy atom. The Kier molecular flexibility index (Phi) is 11.1. The molecule has 0 bridgehead atoms. The van der Waals surface area contributed by atoms with Gasteiger partial charge in [-0.25, -0.2) is 4.79 Å². The molecule has 0 spiro atoms. The first-order valence-electron chi connectivity index (χ1n) is 10.3. The van der Waals surface area contributed by atoms with Crippen molar-refractivity contribution in [2.45, 2.75) is 38.8 Å². The van der Waals surface area contributed by atoms with Gasteiger partial charge in [0.15, 0.2) is 11.5 Å². The van der Waals surface area contributed by atoms with Crippen LogP contribution in [0.1, 0.15) is 32.3 Å². The van der Waals surface area contributed by atoms with Gasteiger partial charge in [0.1, 0.15) is 12.1 Å². The molecule has 0 aliphatic heterocycles. The van der Waals surface area contributed by atoms with Gasteiger partial charge in [0.2, 0.25) is 17.7 Å². The number of aromatic hydroxyl groups is 1. The van der Waals surface area contributed by atoms with Gasteiger partial charge in [0.25, 0.3) is 0 Å². The smallest absolute Gasteiger partial charge is 0.326 e. The van der Waals surface area contributed by atoms with Crippen LogP contribution in [0, 0.1) is 5.92 Å². The van der Waals surface area contributed by atoms with Crippen molar-refractivity contribution >= 4 is 35.7 Å². The fraction of sp³-hybridized carbons (Fsp3) is 0.409. The van der Waals surface area contributed by atoms with Crippen molar-refractivity contribution < 1.29 is 44.0 Å². The van der Waals surface area contributed by atoms with Gasteiger partial charge in [-0.2, -0.15) is 0 Å². The highest BCUT2D eigenvalue weighted by Gasteiger charge is 2.28. The Bertz CT molecular complexity index is 944. The van der Waals surface area contributed by atoms with E-state index in [-0.39, 0.29) is 17.9 Å². The van der Waals surface area contributed by atoms with Crippen molar-refractivity contribution in [2.24, 2.45) is 5.92 Å². The molecule has 12 nitrogen and oxygen atoms in total. The SMILES string of the molecule is COc1cc(/C=C/C(=O)NCC(=O)N[C@H](C(=O)N[C@H](CCC(=O)O)C(=O)O)C(C)C)ccc1O. The lowest BCUT2D eigenvalue weighted by Crippen LogP contribution is -2.55. The van der Waals surface area contributed by atoms with Crippen LogP contribution >= 0.6 is 0 Å². The van der Waals surface area contributed by atoms with E-state index < -0.39 is 60.6 Å². The molecule has 0 fully saturated rings. The number of phenols is 1. The molecule has 186 valence electrons. The zero-order valence-electron chi connectivity index (χ0n) is 19.0. The number of hydrogen-bond donors (Lipinski definition) is 6. The molecule has 12 heteroatoms. The summed E-state index contributed by atoms with van der Waals surface area (Å²) in [6.45, 7) is 2.82. The zero-order valence-corrected chi connectivity index (χ0v) is 19.0. The van der Waals surface area contributed by atoms with E-state index >= 15 is 0 Å². The molecule has 6 N–H and O–H groups in total. The molecule has 0 saturated carbocycles. The molecule has 0 aromatic heterocycles. The maximum absolute atomic E-state index is 12.5. The van der Waals surface area contributed by atoms with Crippen LogP contribution < -0.4 is 20.7 Å². The number of hydrogen-bond acceptors (Lipinski definition) is 7. The number of nitrogens with one attached hydrogen (secondary N) is 3. The van der Waals surface area contributed by atoms with Crippen molar-refractivity contribution in [2.75, 3.05) is 13.7 Å². The van der Waals surface area contributed by atoms with Crippen molar-refractivity contribution in [3.8, 4) is 11.5 Å². The molecule has 1 rings (SSSR count). The molecule has 0 saturated heterocycles. The third-order valence-corrected chi connectivity index (χ3v) is 4.58. The molecule has 0 unspecified atom stereocenters. The predicted octanol–water partition coefficient (Wildman–Crippen LogP) is 0.105. The second-order valence-electron chi connectivity index (χ2n) is 7.60. The molecule has 0 heterocycles. The summed E-state index contributed by atoms with van der Waals surface area (Å²) in [5.74, 6) is -4.90. The van der Waals surface area contributed by atoms with Crippen molar-refractivity contribution in [3.05, 3.63) is 29.8 Å². The normalized spacial score (nSPS) is 12.6. The lowest BCUT2D eigenvalue weighted by atomic mass is 10.0. The second-order valence-corrected chi connectivity index (χ2v) is 7.60. The highest BCUT2D eigenvalue weighted by molar-refractivity contribution is 5.95. The van der Waals surface area contributed by atoms with Crippen LogP contribution in [0.25, 0.3) is 6.08 Å². The highest BCUT2D eigenvalue weighted by atomic mass is 16.5. The summed E-state index contributed by atoms with van der Waals surface area (Å²) in [7, 11) is 1.39. The Balaban J connectivity index is 2.65. The van der Waals surface area contributed by atoms with Crippen LogP contribution in [-0.4, -0.2) is 70.7 Å². The lowest BCUT2D eigenvalue weighted by molar-refractivity contribution is -0.143. The van der Waals surface area contributed by atoms with Gasteiger partial charge < -0.3 is 36.0 Å². The van der Waals surface area contributed by atoms with Gasteiger partial charge in [0.05, 0.1) is 13.7 Å². The molecule has 3 amide bonds. The van der Waals surface area contributed by atoms with Gasteiger partial charge in [-0.15, -0.1) is 0 Å². The average Bonchev–Trinajstić information content (AvgIpc) is 2.77. The Morgan fingerprint density at radius 3 is 2.32 bits per heavy atom. The van der Waals surface area contributed by atoms with Gasteiger partial charge in [-0.3, -0.25) is 19.2 Å². The van der Waals surface area contributed by atoms with E-state index in [1.54, 1.807) is 19.9 Å². The summed E-state index contributed by atoms with van der Waals surface area (Å²) < 4.78 is 4.98. The molecule has 0 radical (unpaired) electrons. The van der Waals surface area contributed by atoms with Crippen LogP contribution in [0.4, 0.5) is 0 Å². The molecule has 34 heavy (non-hydrogen) atoms. The van der Waals surface area contributed by atoms with E-state index in [9.17, 15) is 34.2 Å². The van der Waals surface area contributed by atoms with Crippen molar-refractivity contribution in [3.63, 3.8) is 0 Å². The van der Waals surface area contributed by atoms with Crippen LogP contribution in [0.15, 0.2) is 24.3 Å². The van der Waals surface area contributed by atoms with E-state index in [0.29, 0.717) is 5.56 Å². The van der Waals surface area contributed by atoms with E-state index in [0.717, 1.165) is 0 Å². The summed E-state index contributed by atoms with van der Waals surface area (Å²) in [5.41, 5.74) is 0.571. The number of ether oxygens (including phenoxy) is 1. The number of rotatable bonds is 13. The fourth-order valence-electron chi connectivity index (χ4n) is 2.74. The summed E-state index contributed by atoms with van der Waals surface area (Å²) in [6, 6.07) is 1.94. The standard InChI is InChI=1S/C22H29N3O9/c1-12(2)20(21(31)24-14(22(32)33)6-9-19(29)30)25-18(28)11-23-17(27)8-5-13-4-7-15(26)16(10-13)34-3/h4-5,7-8,10,12,14,20,26H,6,9,11H2,1-3H3,(H,23,27)(H,24,31)(H,25,28)(H,29,30)(H,32,33)/b8-5+/t14-,20+/m1/s1. The fourth-order valence-corrected chi connectivity index (χ4v) is 2.74. The van der Waals surface area contributed by atoms with E-state index in [4.69, 9.17) is 9.84 Å². The third kappa shape index (κ3) is 9.59. The second kappa shape index (κ2) is 13.5. The predicted molar refractivity (Wildman–Crippen MR) is 120 cm³/mol. The maximum Gasteiger partial charge on any atom is 0.326 e. The molecule has 2 atom stereocenters. The number of amides is 3. The Hall–Kier alpha value is -4.09. The van der Waals surface area contributed by atoms with Crippen molar-refractivity contribution in [1.29, 1.82) is 0 Å². The number of carbonyl (C=O) groups is 5. The third-order valence-electron chi connectivity index (χ3n) is 4.58. The molecule has 1 aromatic rings. The molecule has 1 aromatic carbocycles. The number of carbonyl (C=O) groups excluding carboxylic acids is 3. The van der Waals surface area contributed by atoms with Crippen LogP contribution in [0.2, 0.25) is 0 Å². The number of carboxylic acid groups (broad SMARTS) is 2. The van der Waals surface area contributed by atoms with Gasteiger partial charge >= 0.3 is 11.9 Å². The van der Waals surface area contributed by atoms with Gasteiger partial charge in [-0.05, 0) is 36.1 Å². The summed E-state index contributed by atoms with van der Waals surface area (Å²) in [4.78, 5) is 58.7. The quantitative estimate of drug-likeness (QED) is 0.213. The molecular weight excluding hydrogens is 450 g/mol. The molecular formula is C22H29N3O9. The van der Waals surface area contributed by atoms with Gasteiger partial charge in [0, 0.05) is 12.5 Å². The summed E-state index contributed by atoms with van der Waals surface area (Å²) >= 11 is 0. The lowest BCUT2D eigenvalue weighted by Gasteiger charge is -2.24. The number of phenolic OH excluding ortho intramolecular Hbond substituents is 1. The van der Waals surface area contributed by atoms with Gasteiger partial charge in [-0.1, -0.05) is 19.9 Å². The van der Waals surface area contributed by atoms with E-state index in [1.807, 2.05) is 0 Å². The van der Waals surface area contributed by atoms with E-state index in [2.05, 4.69) is 16.0 Å². The Labute approximate surface area is 196 Å². The number of aliphatic carboxylic acids is 2. The highest BCUT2D eigenvalue weighted by Crippen LogP contribution is 2.26. The summed E-state index contributed by atoms with van der Waals surface area (Å²) in [5, 5.41) is 34.5. The minimum Gasteiger partial charge on any atom is -0.504 e. The minimum atomic E-state index is -1.43. The van der Waals surface area contributed by atoms with Crippen LogP contribution in [-0.2, 0) is 24.0 Å². The van der Waals surface area contributed by atoms with Crippen LogP contribution in [0.3, 0.4) is 0 Å². The van der Waals surface area contributed by atoms with Crippen LogP contribution in [0.5, 0.6) is 11.5 Å². The first-order valence-corrected chi connectivity index (χ1v) is 10.3. The van der Waals surface area contributed by atoms with Crippen molar-refractivity contribution in [1.82, 2.24) is 16.0 Å².